The number of amides is 1. The minimum absolute atomic E-state index is 0.229. The Morgan fingerprint density at radius 2 is 2.05 bits per heavy atom. The van der Waals surface area contributed by atoms with Gasteiger partial charge in [0.2, 0.25) is 0 Å². The number of hydrazone groups is 1. The molecule has 0 unspecified atom stereocenters. The fourth-order valence-electron chi connectivity index (χ4n) is 2.24. The summed E-state index contributed by atoms with van der Waals surface area (Å²) < 4.78 is 0. The van der Waals surface area contributed by atoms with E-state index in [1.807, 2.05) is 13.8 Å². The molecule has 4 heteroatoms. The molecule has 4 nitrogen and oxygen atoms in total. The highest BCUT2D eigenvalue weighted by atomic mass is 16.2. The molecule has 0 spiro atoms. The third kappa shape index (κ3) is 3.81. The van der Waals surface area contributed by atoms with E-state index in [0.717, 1.165) is 29.7 Å². The van der Waals surface area contributed by atoms with Gasteiger partial charge in [-0.3, -0.25) is 4.79 Å². The van der Waals surface area contributed by atoms with E-state index in [-0.39, 0.29) is 5.91 Å². The topological polar surface area (TPSA) is 67.5 Å². The Hall–Kier alpha value is -2.36. The van der Waals surface area contributed by atoms with Crippen LogP contribution in [0.4, 0.5) is 5.69 Å². The molecule has 0 bridgehead atoms. The summed E-state index contributed by atoms with van der Waals surface area (Å²) in [5.74, 6) is 0.175. The van der Waals surface area contributed by atoms with Crippen molar-refractivity contribution in [2.45, 2.75) is 26.7 Å². The molecule has 0 aliphatic heterocycles. The van der Waals surface area contributed by atoms with E-state index in [9.17, 15) is 4.79 Å². The van der Waals surface area contributed by atoms with Crippen molar-refractivity contribution in [3.05, 3.63) is 53.6 Å². The van der Waals surface area contributed by atoms with Gasteiger partial charge in [0.1, 0.15) is 0 Å². The average molecular weight is 283 g/mol. The van der Waals surface area contributed by atoms with Crippen LogP contribution < -0.4 is 11.2 Å². The second-order valence-corrected chi connectivity index (χ2v) is 5.49. The zero-order valence-electron chi connectivity index (χ0n) is 12.5. The number of carbonyl (C=O) groups excluding carboxylic acids is 1. The molecule has 0 fully saturated rings. The van der Waals surface area contributed by atoms with Crippen LogP contribution in [0.5, 0.6) is 0 Å². The Balaban J connectivity index is 2.07. The van der Waals surface area contributed by atoms with Crippen molar-refractivity contribution in [2.75, 3.05) is 5.73 Å². The van der Waals surface area contributed by atoms with Crippen molar-refractivity contribution in [1.29, 1.82) is 0 Å². The number of nitrogens with one attached hydrogen (secondary N) is 1. The first-order valence-electron chi connectivity index (χ1n) is 7.02. The van der Waals surface area contributed by atoms with Crippen molar-refractivity contribution < 1.29 is 4.79 Å². The van der Waals surface area contributed by atoms with Crippen LogP contribution in [0.15, 0.2) is 53.2 Å². The maximum Gasteiger partial charge on any atom is 0.271 e. The van der Waals surface area contributed by atoms with Gasteiger partial charge in [-0.05, 0) is 62.4 Å². The predicted molar refractivity (Wildman–Crippen MR) is 87.1 cm³/mol. The largest absolute Gasteiger partial charge is 0.399 e. The molecule has 1 aromatic carbocycles. The van der Waals surface area contributed by atoms with Crippen molar-refractivity contribution in [2.24, 2.45) is 11.0 Å². The SMILES string of the molecule is C=C(C)[C@H]1CC=C(C)/C(=N\NC(=O)c2ccc(N)cc2)C1. The van der Waals surface area contributed by atoms with Gasteiger partial charge in [-0.1, -0.05) is 18.2 Å². The Morgan fingerprint density at radius 1 is 1.38 bits per heavy atom. The predicted octanol–water partition coefficient (Wildman–Crippen LogP) is 3.29. The van der Waals surface area contributed by atoms with Gasteiger partial charge < -0.3 is 5.73 Å². The lowest BCUT2D eigenvalue weighted by Crippen LogP contribution is -2.23. The maximum absolute atomic E-state index is 12.0. The monoisotopic (exact) mass is 283 g/mol. The van der Waals surface area contributed by atoms with E-state index in [2.05, 4.69) is 23.2 Å². The van der Waals surface area contributed by atoms with Gasteiger partial charge in [-0.2, -0.15) is 5.10 Å². The van der Waals surface area contributed by atoms with Gasteiger partial charge in [0.25, 0.3) is 5.91 Å². The lowest BCUT2D eigenvalue weighted by molar-refractivity contribution is 0.0954. The number of nitrogens with zero attached hydrogens (tertiary/aromatic N) is 1. The Labute approximate surface area is 125 Å². The molecule has 0 heterocycles. The standard InChI is InChI=1S/C17H21N3O/c1-11(2)14-5-4-12(3)16(10-14)19-20-17(21)13-6-8-15(18)9-7-13/h4,6-9,14H,1,5,10,18H2,2-3H3,(H,20,21)/b19-16-/t14-/m0/s1. The summed E-state index contributed by atoms with van der Waals surface area (Å²) in [6.07, 6.45) is 3.96. The fraction of sp³-hybridized carbons (Fsp3) is 0.294. The lowest BCUT2D eigenvalue weighted by atomic mass is 9.85. The first kappa shape index (κ1) is 15.0. The van der Waals surface area contributed by atoms with Crippen LogP contribution in [-0.2, 0) is 0 Å². The minimum atomic E-state index is -0.229. The Bertz CT molecular complexity index is 611. The summed E-state index contributed by atoms with van der Waals surface area (Å²) in [7, 11) is 0. The van der Waals surface area contributed by atoms with E-state index in [1.165, 1.54) is 0 Å². The Morgan fingerprint density at radius 3 is 2.67 bits per heavy atom. The molecule has 0 radical (unpaired) electrons. The van der Waals surface area contributed by atoms with E-state index in [0.29, 0.717) is 17.2 Å². The smallest absolute Gasteiger partial charge is 0.271 e. The van der Waals surface area contributed by atoms with Crippen LogP contribution in [0.3, 0.4) is 0 Å². The van der Waals surface area contributed by atoms with E-state index in [1.54, 1.807) is 24.3 Å². The number of rotatable bonds is 3. The number of nitrogen functional groups attached to an aromatic ring is 1. The lowest BCUT2D eigenvalue weighted by Gasteiger charge is -2.22. The van der Waals surface area contributed by atoms with E-state index < -0.39 is 0 Å². The van der Waals surface area contributed by atoms with Gasteiger partial charge in [0.15, 0.2) is 0 Å². The summed E-state index contributed by atoms with van der Waals surface area (Å²) >= 11 is 0. The van der Waals surface area contributed by atoms with E-state index in [4.69, 9.17) is 5.73 Å². The second-order valence-electron chi connectivity index (χ2n) is 5.49. The molecule has 0 saturated carbocycles. The van der Waals surface area contributed by atoms with Gasteiger partial charge in [-0.15, -0.1) is 0 Å². The van der Waals surface area contributed by atoms with Gasteiger partial charge >= 0.3 is 0 Å². The first-order chi connectivity index (χ1) is 9.97. The minimum Gasteiger partial charge on any atom is -0.399 e. The van der Waals surface area contributed by atoms with Crippen molar-refractivity contribution in [1.82, 2.24) is 5.43 Å². The highest BCUT2D eigenvalue weighted by molar-refractivity contribution is 6.02. The molecule has 1 aromatic rings. The summed E-state index contributed by atoms with van der Waals surface area (Å²) in [6.45, 7) is 8.05. The number of carbonyl (C=O) groups is 1. The highest BCUT2D eigenvalue weighted by Crippen LogP contribution is 2.26. The molecular weight excluding hydrogens is 262 g/mol. The molecule has 1 aliphatic carbocycles. The summed E-state index contributed by atoms with van der Waals surface area (Å²) in [6, 6.07) is 6.77. The number of hydrogen-bond acceptors (Lipinski definition) is 3. The normalized spacial score (nSPS) is 20.0. The average Bonchev–Trinajstić information content (AvgIpc) is 2.46. The third-order valence-electron chi connectivity index (χ3n) is 3.77. The molecule has 110 valence electrons. The number of allylic oxidation sites excluding steroid dienone is 3. The molecule has 0 saturated heterocycles. The van der Waals surface area contributed by atoms with Crippen LogP contribution in [-0.4, -0.2) is 11.6 Å². The van der Waals surface area contributed by atoms with Gasteiger partial charge in [0, 0.05) is 11.3 Å². The highest BCUT2D eigenvalue weighted by Gasteiger charge is 2.18. The molecule has 1 aliphatic rings. The fourth-order valence-corrected chi connectivity index (χ4v) is 2.24. The van der Waals surface area contributed by atoms with Crippen LogP contribution in [0.25, 0.3) is 0 Å². The number of anilines is 1. The molecular formula is C17H21N3O. The van der Waals surface area contributed by atoms with Crippen molar-refractivity contribution in [3.63, 3.8) is 0 Å². The number of benzene rings is 1. The number of hydrogen-bond donors (Lipinski definition) is 2. The molecule has 3 N–H and O–H groups in total. The molecule has 2 rings (SSSR count). The third-order valence-corrected chi connectivity index (χ3v) is 3.77. The second kappa shape index (κ2) is 6.39. The number of nitrogens with two attached hydrogens (primary N) is 1. The van der Waals surface area contributed by atoms with Gasteiger partial charge in [0.05, 0.1) is 5.71 Å². The zero-order valence-corrected chi connectivity index (χ0v) is 12.5. The zero-order chi connectivity index (χ0) is 15.4. The van der Waals surface area contributed by atoms with Crippen molar-refractivity contribution in [3.8, 4) is 0 Å². The molecule has 21 heavy (non-hydrogen) atoms. The maximum atomic E-state index is 12.0. The van der Waals surface area contributed by atoms with Gasteiger partial charge in [-0.25, -0.2) is 5.43 Å². The van der Waals surface area contributed by atoms with Crippen LogP contribution in [0.2, 0.25) is 0 Å². The van der Waals surface area contributed by atoms with E-state index >= 15 is 0 Å². The van der Waals surface area contributed by atoms with Crippen molar-refractivity contribution >= 4 is 17.3 Å². The quantitative estimate of drug-likeness (QED) is 0.508. The van der Waals surface area contributed by atoms with Crippen LogP contribution in [0, 0.1) is 5.92 Å². The Kier molecular flexibility index (Phi) is 4.58. The van der Waals surface area contributed by atoms with Crippen LogP contribution >= 0.6 is 0 Å². The molecule has 1 amide bonds. The molecule has 1 atom stereocenters. The molecule has 0 aromatic heterocycles. The van der Waals surface area contributed by atoms with Crippen LogP contribution in [0.1, 0.15) is 37.0 Å². The summed E-state index contributed by atoms with van der Waals surface area (Å²) in [5.41, 5.74) is 12.6. The summed E-state index contributed by atoms with van der Waals surface area (Å²) in [4.78, 5) is 12.0. The summed E-state index contributed by atoms with van der Waals surface area (Å²) in [5, 5.41) is 4.27. The first-order valence-corrected chi connectivity index (χ1v) is 7.02.